The first kappa shape index (κ1) is 11.7. The van der Waals surface area contributed by atoms with E-state index >= 15 is 0 Å². The van der Waals surface area contributed by atoms with Gasteiger partial charge < -0.3 is 5.32 Å². The summed E-state index contributed by atoms with van der Waals surface area (Å²) in [7, 11) is 1.96. The van der Waals surface area contributed by atoms with Crippen LogP contribution in [0.15, 0.2) is 42.9 Å². The van der Waals surface area contributed by atoms with Crippen molar-refractivity contribution in [2.45, 2.75) is 19.4 Å². The summed E-state index contributed by atoms with van der Waals surface area (Å²) < 4.78 is 0. The molecule has 1 aromatic carbocycles. The fourth-order valence-electron chi connectivity index (χ4n) is 1.94. The van der Waals surface area contributed by atoms with E-state index in [1.165, 1.54) is 11.1 Å². The van der Waals surface area contributed by atoms with Gasteiger partial charge in [0, 0.05) is 6.20 Å². The van der Waals surface area contributed by atoms with Crippen molar-refractivity contribution in [1.29, 1.82) is 0 Å². The molecule has 0 bridgehead atoms. The van der Waals surface area contributed by atoms with Gasteiger partial charge in [-0.15, -0.1) is 0 Å². The van der Waals surface area contributed by atoms with E-state index in [4.69, 9.17) is 0 Å². The maximum atomic E-state index is 4.29. The molecule has 0 spiro atoms. The quantitative estimate of drug-likeness (QED) is 0.870. The van der Waals surface area contributed by atoms with Crippen molar-refractivity contribution in [3.63, 3.8) is 0 Å². The standard InChI is InChI=1S/C14H17N3/c1-11-4-3-5-12(8-11)9-14(15-2)13-6-7-16-10-17-13/h3-8,10,14-15H,9H2,1-2H3. The van der Waals surface area contributed by atoms with Gasteiger partial charge in [0.2, 0.25) is 0 Å². The maximum absolute atomic E-state index is 4.29. The molecule has 17 heavy (non-hydrogen) atoms. The molecule has 0 saturated carbocycles. The Morgan fingerprint density at radius 3 is 2.82 bits per heavy atom. The summed E-state index contributed by atoms with van der Waals surface area (Å²) >= 11 is 0. The zero-order valence-corrected chi connectivity index (χ0v) is 10.2. The van der Waals surface area contributed by atoms with Gasteiger partial charge in [-0.3, -0.25) is 0 Å². The monoisotopic (exact) mass is 227 g/mol. The van der Waals surface area contributed by atoms with Gasteiger partial charge in [-0.25, -0.2) is 9.97 Å². The number of benzene rings is 1. The Bertz CT molecular complexity index is 468. The molecule has 0 fully saturated rings. The van der Waals surface area contributed by atoms with Gasteiger partial charge in [0.15, 0.2) is 0 Å². The maximum Gasteiger partial charge on any atom is 0.115 e. The molecule has 88 valence electrons. The van der Waals surface area contributed by atoms with E-state index in [0.717, 1.165) is 12.1 Å². The molecule has 2 rings (SSSR count). The fourth-order valence-corrected chi connectivity index (χ4v) is 1.94. The number of hydrogen-bond acceptors (Lipinski definition) is 3. The Morgan fingerprint density at radius 2 is 2.18 bits per heavy atom. The highest BCUT2D eigenvalue weighted by Crippen LogP contribution is 2.16. The lowest BCUT2D eigenvalue weighted by Crippen LogP contribution is -2.20. The number of rotatable bonds is 4. The van der Waals surface area contributed by atoms with E-state index in [0.29, 0.717) is 0 Å². The van der Waals surface area contributed by atoms with Crippen molar-refractivity contribution in [2.75, 3.05) is 7.05 Å². The van der Waals surface area contributed by atoms with Crippen LogP contribution in [0.1, 0.15) is 22.9 Å². The van der Waals surface area contributed by atoms with E-state index < -0.39 is 0 Å². The summed E-state index contributed by atoms with van der Waals surface area (Å²) in [5.74, 6) is 0. The molecule has 0 aliphatic carbocycles. The number of aryl methyl sites for hydroxylation is 1. The molecule has 3 nitrogen and oxygen atoms in total. The van der Waals surface area contributed by atoms with Crippen LogP contribution < -0.4 is 5.32 Å². The van der Waals surface area contributed by atoms with E-state index in [-0.39, 0.29) is 6.04 Å². The second kappa shape index (κ2) is 5.55. The molecule has 0 radical (unpaired) electrons. The van der Waals surface area contributed by atoms with Gasteiger partial charge in [0.25, 0.3) is 0 Å². The Balaban J connectivity index is 2.16. The predicted octanol–water partition coefficient (Wildman–Crippen LogP) is 2.29. The summed E-state index contributed by atoms with van der Waals surface area (Å²) in [6, 6.07) is 10.8. The lowest BCUT2D eigenvalue weighted by molar-refractivity contribution is 0.574. The van der Waals surface area contributed by atoms with Crippen LogP contribution in [0.25, 0.3) is 0 Å². The third kappa shape index (κ3) is 3.11. The fraction of sp³-hybridized carbons (Fsp3) is 0.286. The molecule has 0 saturated heterocycles. The highest BCUT2D eigenvalue weighted by molar-refractivity contribution is 5.24. The van der Waals surface area contributed by atoms with Crippen LogP contribution in [0, 0.1) is 6.92 Å². The first-order valence-corrected chi connectivity index (χ1v) is 5.78. The van der Waals surface area contributed by atoms with Gasteiger partial charge >= 0.3 is 0 Å². The van der Waals surface area contributed by atoms with Gasteiger partial charge in [-0.05, 0) is 32.0 Å². The minimum absolute atomic E-state index is 0.236. The number of hydrogen-bond donors (Lipinski definition) is 1. The Labute approximate surface area is 102 Å². The van der Waals surface area contributed by atoms with Gasteiger partial charge in [0.1, 0.15) is 6.33 Å². The van der Waals surface area contributed by atoms with Crippen LogP contribution in [-0.2, 0) is 6.42 Å². The van der Waals surface area contributed by atoms with Crippen LogP contribution in [0.3, 0.4) is 0 Å². The molecule has 0 amide bonds. The topological polar surface area (TPSA) is 37.8 Å². The minimum atomic E-state index is 0.236. The van der Waals surface area contributed by atoms with Crippen LogP contribution >= 0.6 is 0 Å². The highest BCUT2D eigenvalue weighted by atomic mass is 14.9. The molecule has 0 aliphatic rings. The second-order valence-corrected chi connectivity index (χ2v) is 4.17. The molecule has 1 unspecified atom stereocenters. The lowest BCUT2D eigenvalue weighted by Gasteiger charge is -2.15. The number of nitrogens with one attached hydrogen (secondary N) is 1. The van der Waals surface area contributed by atoms with Crippen molar-refractivity contribution < 1.29 is 0 Å². The third-order valence-corrected chi connectivity index (χ3v) is 2.83. The van der Waals surface area contributed by atoms with E-state index in [9.17, 15) is 0 Å². The molecular weight excluding hydrogens is 210 g/mol. The van der Waals surface area contributed by atoms with Gasteiger partial charge in [-0.1, -0.05) is 29.8 Å². The van der Waals surface area contributed by atoms with Gasteiger partial charge in [0.05, 0.1) is 11.7 Å². The first-order chi connectivity index (χ1) is 8.29. The van der Waals surface area contributed by atoms with E-state index in [2.05, 4.69) is 46.5 Å². The van der Waals surface area contributed by atoms with E-state index in [1.807, 2.05) is 13.1 Å². The SMILES string of the molecule is CNC(Cc1cccc(C)c1)c1ccncn1. The normalized spacial score (nSPS) is 12.4. The summed E-state index contributed by atoms with van der Waals surface area (Å²) in [5, 5.41) is 3.30. The molecule has 1 heterocycles. The van der Waals surface area contributed by atoms with Crippen molar-refractivity contribution in [3.8, 4) is 0 Å². The van der Waals surface area contributed by atoms with Crippen LogP contribution in [0.4, 0.5) is 0 Å². The molecule has 3 heteroatoms. The summed E-state index contributed by atoms with van der Waals surface area (Å²) in [4.78, 5) is 8.24. The molecule has 0 aliphatic heterocycles. The number of nitrogens with zero attached hydrogens (tertiary/aromatic N) is 2. The van der Waals surface area contributed by atoms with E-state index in [1.54, 1.807) is 12.5 Å². The van der Waals surface area contributed by atoms with Crippen molar-refractivity contribution in [1.82, 2.24) is 15.3 Å². The number of likely N-dealkylation sites (N-methyl/N-ethyl adjacent to an activating group) is 1. The third-order valence-electron chi connectivity index (χ3n) is 2.83. The molecule has 1 aromatic heterocycles. The molecule has 1 atom stereocenters. The predicted molar refractivity (Wildman–Crippen MR) is 68.7 cm³/mol. The Hall–Kier alpha value is -1.74. The van der Waals surface area contributed by atoms with Crippen molar-refractivity contribution in [3.05, 3.63) is 59.7 Å². The summed E-state index contributed by atoms with van der Waals surface area (Å²) in [6.07, 6.45) is 4.31. The highest BCUT2D eigenvalue weighted by Gasteiger charge is 2.10. The molecular formula is C14H17N3. The van der Waals surface area contributed by atoms with Crippen LogP contribution in [0.2, 0.25) is 0 Å². The van der Waals surface area contributed by atoms with Crippen LogP contribution in [-0.4, -0.2) is 17.0 Å². The Kier molecular flexibility index (Phi) is 3.83. The summed E-state index contributed by atoms with van der Waals surface area (Å²) in [5.41, 5.74) is 3.65. The molecule has 1 N–H and O–H groups in total. The average Bonchev–Trinajstić information content (AvgIpc) is 2.37. The smallest absolute Gasteiger partial charge is 0.115 e. The Morgan fingerprint density at radius 1 is 1.29 bits per heavy atom. The number of aromatic nitrogens is 2. The van der Waals surface area contributed by atoms with Crippen molar-refractivity contribution in [2.24, 2.45) is 0 Å². The lowest BCUT2D eigenvalue weighted by atomic mass is 10.0. The van der Waals surface area contributed by atoms with Crippen molar-refractivity contribution >= 4 is 0 Å². The minimum Gasteiger partial charge on any atom is -0.311 e. The first-order valence-electron chi connectivity index (χ1n) is 5.78. The zero-order chi connectivity index (χ0) is 12.1. The second-order valence-electron chi connectivity index (χ2n) is 4.17. The van der Waals surface area contributed by atoms with Gasteiger partial charge in [-0.2, -0.15) is 0 Å². The molecule has 2 aromatic rings. The van der Waals surface area contributed by atoms with Crippen LogP contribution in [0.5, 0.6) is 0 Å². The average molecular weight is 227 g/mol. The largest absolute Gasteiger partial charge is 0.311 e. The summed E-state index contributed by atoms with van der Waals surface area (Å²) in [6.45, 7) is 2.11. The zero-order valence-electron chi connectivity index (χ0n) is 10.2.